The molecule has 190 valence electrons. The van der Waals surface area contributed by atoms with E-state index in [1.54, 1.807) is 12.1 Å². The number of carbonyl (C=O) groups is 3. The lowest BCUT2D eigenvalue weighted by Crippen LogP contribution is -2.36. The highest BCUT2D eigenvalue weighted by Gasteiger charge is 2.36. The van der Waals surface area contributed by atoms with Crippen molar-refractivity contribution in [3.63, 3.8) is 0 Å². The molecule has 0 unspecified atom stereocenters. The molecular weight excluding hydrogens is 620 g/mol. The molecule has 0 spiro atoms. The van der Waals surface area contributed by atoms with Gasteiger partial charge < -0.3 is 10.1 Å². The van der Waals surface area contributed by atoms with Gasteiger partial charge in [0.2, 0.25) is 5.91 Å². The van der Waals surface area contributed by atoms with Crippen molar-refractivity contribution in [2.45, 2.75) is 27.4 Å². The molecule has 1 N–H and O–H groups in total. The van der Waals surface area contributed by atoms with Gasteiger partial charge in [0.05, 0.1) is 13.9 Å². The number of nitrogens with one attached hydrogen (secondary N) is 1. The summed E-state index contributed by atoms with van der Waals surface area (Å²) in [6.07, 6.45) is 1.63. The fourth-order valence-corrected chi connectivity index (χ4v) is 6.00. The fraction of sp³-hybridized carbons (Fsp3) is 0.179. The summed E-state index contributed by atoms with van der Waals surface area (Å²) in [5, 5.41) is 2.27. The molecule has 0 bridgehead atoms. The Bertz CT molecular complexity index is 1410. The Labute approximate surface area is 236 Å². The highest BCUT2D eigenvalue weighted by atomic mass is 79.9. The molecule has 0 atom stereocenters. The molecule has 1 saturated heterocycles. The number of aryl methyl sites for hydroxylation is 3. The summed E-state index contributed by atoms with van der Waals surface area (Å²) in [7, 11) is 0. The standard InChI is InChI=1S/C28H24Br2N2O4S/c1-16-5-4-6-19(9-16)15-36-26-22(29)11-20(12-23(26)30)13-24-27(34)32(28(35)37-24)14-25(33)31-21-8-7-17(2)18(3)10-21/h4-13H,14-15H2,1-3H3,(H,31,33)/b24-13+. The number of imide groups is 1. The molecule has 9 heteroatoms. The van der Waals surface area contributed by atoms with Gasteiger partial charge in [0, 0.05) is 5.69 Å². The van der Waals surface area contributed by atoms with Gasteiger partial charge in [-0.2, -0.15) is 0 Å². The zero-order chi connectivity index (χ0) is 26.7. The molecule has 37 heavy (non-hydrogen) atoms. The number of halogens is 2. The zero-order valence-electron chi connectivity index (χ0n) is 20.4. The van der Waals surface area contributed by atoms with E-state index in [0.29, 0.717) is 32.6 Å². The van der Waals surface area contributed by atoms with Gasteiger partial charge in [-0.25, -0.2) is 0 Å². The van der Waals surface area contributed by atoms with E-state index in [2.05, 4.69) is 43.2 Å². The summed E-state index contributed by atoms with van der Waals surface area (Å²) < 4.78 is 7.41. The molecular formula is C28H24Br2N2O4S. The van der Waals surface area contributed by atoms with Crippen LogP contribution < -0.4 is 10.1 Å². The Hall–Kier alpha value is -2.88. The topological polar surface area (TPSA) is 75.7 Å². The van der Waals surface area contributed by atoms with Crippen molar-refractivity contribution in [3.8, 4) is 5.75 Å². The van der Waals surface area contributed by atoms with Crippen molar-refractivity contribution in [1.82, 2.24) is 4.90 Å². The normalized spacial score (nSPS) is 14.4. The Morgan fingerprint density at radius 2 is 1.73 bits per heavy atom. The molecule has 0 radical (unpaired) electrons. The lowest BCUT2D eigenvalue weighted by molar-refractivity contribution is -0.127. The first kappa shape index (κ1) is 27.2. The highest BCUT2D eigenvalue weighted by Crippen LogP contribution is 2.38. The van der Waals surface area contributed by atoms with Crippen LogP contribution in [0.2, 0.25) is 0 Å². The SMILES string of the molecule is Cc1cccc(COc2c(Br)cc(/C=C3/SC(=O)N(CC(=O)Nc4ccc(C)c(C)c4)C3=O)cc2Br)c1. The van der Waals surface area contributed by atoms with E-state index >= 15 is 0 Å². The predicted octanol–water partition coefficient (Wildman–Crippen LogP) is 7.39. The van der Waals surface area contributed by atoms with Crippen LogP contribution in [0, 0.1) is 20.8 Å². The van der Waals surface area contributed by atoms with Crippen molar-refractivity contribution in [1.29, 1.82) is 0 Å². The van der Waals surface area contributed by atoms with E-state index in [1.165, 1.54) is 0 Å². The van der Waals surface area contributed by atoms with E-state index < -0.39 is 17.1 Å². The third-order valence-electron chi connectivity index (χ3n) is 5.75. The second-order valence-electron chi connectivity index (χ2n) is 8.71. The Kier molecular flexibility index (Phi) is 8.56. The van der Waals surface area contributed by atoms with Crippen LogP contribution in [-0.2, 0) is 16.2 Å². The van der Waals surface area contributed by atoms with Crippen LogP contribution in [0.15, 0.2) is 68.4 Å². The smallest absolute Gasteiger partial charge is 0.294 e. The Morgan fingerprint density at radius 1 is 1.00 bits per heavy atom. The van der Waals surface area contributed by atoms with Crippen molar-refractivity contribution >= 4 is 72.4 Å². The largest absolute Gasteiger partial charge is 0.487 e. The Balaban J connectivity index is 1.43. The number of hydrogen-bond donors (Lipinski definition) is 1. The molecule has 1 aliphatic rings. The van der Waals surface area contributed by atoms with E-state index in [9.17, 15) is 14.4 Å². The number of thioether (sulfide) groups is 1. The van der Waals surface area contributed by atoms with Gasteiger partial charge in [0.1, 0.15) is 18.9 Å². The summed E-state index contributed by atoms with van der Waals surface area (Å²) in [6, 6.07) is 17.3. The van der Waals surface area contributed by atoms with Crippen molar-refractivity contribution in [3.05, 3.63) is 96.3 Å². The maximum atomic E-state index is 12.9. The maximum Gasteiger partial charge on any atom is 0.294 e. The van der Waals surface area contributed by atoms with E-state index in [1.807, 2.05) is 63.2 Å². The number of benzene rings is 3. The highest BCUT2D eigenvalue weighted by molar-refractivity contribution is 9.11. The molecule has 3 amide bonds. The lowest BCUT2D eigenvalue weighted by Gasteiger charge is -2.13. The summed E-state index contributed by atoms with van der Waals surface area (Å²) >= 11 is 7.89. The first-order chi connectivity index (χ1) is 17.6. The van der Waals surface area contributed by atoms with Gasteiger partial charge in [-0.1, -0.05) is 35.9 Å². The van der Waals surface area contributed by atoms with Crippen LogP contribution in [0.5, 0.6) is 5.75 Å². The quantitative estimate of drug-likeness (QED) is 0.272. The third kappa shape index (κ3) is 6.71. The van der Waals surface area contributed by atoms with E-state index in [-0.39, 0.29) is 11.4 Å². The third-order valence-corrected chi connectivity index (χ3v) is 7.84. The molecule has 6 nitrogen and oxygen atoms in total. The number of anilines is 1. The minimum absolute atomic E-state index is 0.246. The van der Waals surface area contributed by atoms with Crippen LogP contribution in [-0.4, -0.2) is 28.5 Å². The molecule has 3 aromatic carbocycles. The Morgan fingerprint density at radius 3 is 2.41 bits per heavy atom. The van der Waals surface area contributed by atoms with Gasteiger partial charge >= 0.3 is 0 Å². The monoisotopic (exact) mass is 642 g/mol. The molecule has 4 rings (SSSR count). The number of amides is 3. The molecule has 1 fully saturated rings. The predicted molar refractivity (Wildman–Crippen MR) is 155 cm³/mol. The summed E-state index contributed by atoms with van der Waals surface area (Å²) in [6.45, 7) is 6.01. The fourth-order valence-electron chi connectivity index (χ4n) is 3.71. The van der Waals surface area contributed by atoms with Gasteiger partial charge in [-0.3, -0.25) is 19.3 Å². The molecule has 3 aromatic rings. The first-order valence-electron chi connectivity index (χ1n) is 11.4. The summed E-state index contributed by atoms with van der Waals surface area (Å²) in [5.74, 6) is -0.306. The molecule has 0 aliphatic carbocycles. The minimum atomic E-state index is -0.503. The number of ether oxygens (including phenoxy) is 1. The van der Waals surface area contributed by atoms with Crippen LogP contribution in [0.1, 0.15) is 27.8 Å². The van der Waals surface area contributed by atoms with Gasteiger partial charge in [-0.05, 0) is 117 Å². The lowest BCUT2D eigenvalue weighted by atomic mass is 10.1. The van der Waals surface area contributed by atoms with E-state index in [4.69, 9.17) is 4.74 Å². The average Bonchev–Trinajstić information content (AvgIpc) is 3.08. The first-order valence-corrected chi connectivity index (χ1v) is 13.8. The van der Waals surface area contributed by atoms with Crippen molar-refractivity contribution < 1.29 is 19.1 Å². The summed E-state index contributed by atoms with van der Waals surface area (Å²) in [4.78, 5) is 39.2. The number of hydrogen-bond acceptors (Lipinski definition) is 5. The molecule has 1 heterocycles. The number of nitrogens with zero attached hydrogens (tertiary/aromatic N) is 1. The minimum Gasteiger partial charge on any atom is -0.487 e. The van der Waals surface area contributed by atoms with Gasteiger partial charge in [-0.15, -0.1) is 0 Å². The van der Waals surface area contributed by atoms with Gasteiger partial charge in [0.25, 0.3) is 11.1 Å². The van der Waals surface area contributed by atoms with Crippen molar-refractivity contribution in [2.24, 2.45) is 0 Å². The zero-order valence-corrected chi connectivity index (χ0v) is 24.4. The summed E-state index contributed by atoms with van der Waals surface area (Å²) in [5.41, 5.74) is 5.68. The van der Waals surface area contributed by atoms with Crippen molar-refractivity contribution in [2.75, 3.05) is 11.9 Å². The number of rotatable bonds is 7. The maximum absolute atomic E-state index is 12.9. The van der Waals surface area contributed by atoms with Crippen LogP contribution in [0.3, 0.4) is 0 Å². The average molecular weight is 644 g/mol. The van der Waals surface area contributed by atoms with E-state index in [0.717, 1.165) is 38.9 Å². The molecule has 0 aromatic heterocycles. The number of carbonyl (C=O) groups excluding carboxylic acids is 3. The van der Waals surface area contributed by atoms with Crippen LogP contribution >= 0.6 is 43.6 Å². The van der Waals surface area contributed by atoms with Crippen LogP contribution in [0.4, 0.5) is 10.5 Å². The second kappa shape index (κ2) is 11.7. The second-order valence-corrected chi connectivity index (χ2v) is 11.4. The van der Waals surface area contributed by atoms with Crippen LogP contribution in [0.25, 0.3) is 6.08 Å². The molecule has 0 saturated carbocycles. The van der Waals surface area contributed by atoms with Gasteiger partial charge in [0.15, 0.2) is 0 Å². The molecule has 1 aliphatic heterocycles.